The molecule has 214 valence electrons. The molecule has 1 aromatic carbocycles. The molecule has 0 spiro atoms. The van der Waals surface area contributed by atoms with E-state index in [9.17, 15) is 13.2 Å². The number of rotatable bonds is 8. The Bertz CT molecular complexity index is 1260. The van der Waals surface area contributed by atoms with Gasteiger partial charge >= 0.3 is 12.1 Å². The van der Waals surface area contributed by atoms with Crippen molar-refractivity contribution in [2.75, 3.05) is 70.3 Å². The number of carboxylic acid groups (broad SMARTS) is 1. The van der Waals surface area contributed by atoms with E-state index in [2.05, 4.69) is 41.8 Å². The summed E-state index contributed by atoms with van der Waals surface area (Å²) in [4.78, 5) is 24.4. The van der Waals surface area contributed by atoms with Crippen molar-refractivity contribution in [2.45, 2.75) is 19.5 Å². The van der Waals surface area contributed by atoms with Crippen molar-refractivity contribution in [3.05, 3.63) is 29.2 Å². The number of carbonyl (C=O) groups is 1. The molecule has 15 heteroatoms. The zero-order valence-electron chi connectivity index (χ0n) is 22.0. The molecule has 0 atom stereocenters. The number of aromatic nitrogens is 4. The molecule has 0 amide bonds. The van der Waals surface area contributed by atoms with Crippen LogP contribution < -0.4 is 19.3 Å². The van der Waals surface area contributed by atoms with Gasteiger partial charge in [0.15, 0.2) is 17.1 Å². The van der Waals surface area contributed by atoms with Crippen LogP contribution in [0.5, 0.6) is 11.5 Å². The lowest BCUT2D eigenvalue weighted by molar-refractivity contribution is -0.192. The van der Waals surface area contributed by atoms with Crippen LogP contribution in [0, 0.1) is 0 Å². The van der Waals surface area contributed by atoms with Crippen LogP contribution in [0.3, 0.4) is 0 Å². The summed E-state index contributed by atoms with van der Waals surface area (Å²) >= 11 is 6.44. The summed E-state index contributed by atoms with van der Waals surface area (Å²) in [6.07, 6.45) is -2.64. The Hall–Kier alpha value is -3.52. The fourth-order valence-electron chi connectivity index (χ4n) is 3.99. The van der Waals surface area contributed by atoms with E-state index in [-0.39, 0.29) is 0 Å². The predicted molar refractivity (Wildman–Crippen MR) is 141 cm³/mol. The Morgan fingerprint density at radius 2 is 1.82 bits per heavy atom. The van der Waals surface area contributed by atoms with Crippen LogP contribution in [-0.4, -0.2) is 103 Å². The summed E-state index contributed by atoms with van der Waals surface area (Å²) in [5, 5.41) is 16.2. The number of alkyl halides is 3. The number of likely N-dealkylation sites (N-methyl/N-ethyl adjacent to an activating group) is 1. The maximum atomic E-state index is 10.6. The molecule has 0 radical (unpaired) electrons. The molecule has 1 fully saturated rings. The van der Waals surface area contributed by atoms with Gasteiger partial charge in [-0.3, -0.25) is 5.10 Å². The van der Waals surface area contributed by atoms with Gasteiger partial charge in [-0.2, -0.15) is 18.3 Å². The van der Waals surface area contributed by atoms with E-state index in [4.69, 9.17) is 31.0 Å². The van der Waals surface area contributed by atoms with Crippen LogP contribution in [0.4, 0.5) is 24.7 Å². The van der Waals surface area contributed by atoms with E-state index in [0.717, 1.165) is 61.7 Å². The van der Waals surface area contributed by atoms with Crippen LogP contribution in [0.1, 0.15) is 12.6 Å². The Kier molecular flexibility index (Phi) is 10.0. The number of anilines is 2. The molecule has 0 aliphatic carbocycles. The molecule has 39 heavy (non-hydrogen) atoms. The Balaban J connectivity index is 0.000000532. The van der Waals surface area contributed by atoms with E-state index in [1.807, 2.05) is 26.2 Å². The first-order chi connectivity index (χ1) is 18.5. The van der Waals surface area contributed by atoms with E-state index in [0.29, 0.717) is 28.8 Å². The highest BCUT2D eigenvalue weighted by Crippen LogP contribution is 2.41. The van der Waals surface area contributed by atoms with Crippen LogP contribution in [0.15, 0.2) is 18.5 Å². The summed E-state index contributed by atoms with van der Waals surface area (Å²) < 4.78 is 43.5. The van der Waals surface area contributed by atoms with Crippen LogP contribution in [-0.2, 0) is 11.2 Å². The Labute approximate surface area is 228 Å². The standard InChI is InChI=1S/C22H30ClN7O2.C2HF3O2/c1-5-16-19-21(27-26-16)24-14-25-22(19)30-8-6-29(7-9-30)17-12-15(23)13-18(20(17)31-4)32-11-10-28(2)3;3-2(4,5)1(6)7/h12-14H,5-11H2,1-4H3,(H,24,25,26,27);(H,6,7). The third-order valence-electron chi connectivity index (χ3n) is 5.92. The largest absolute Gasteiger partial charge is 0.491 e. The number of carboxylic acids is 1. The highest BCUT2D eigenvalue weighted by Gasteiger charge is 2.38. The highest BCUT2D eigenvalue weighted by atomic mass is 35.5. The predicted octanol–water partition coefficient (Wildman–Crippen LogP) is 3.48. The molecule has 0 bridgehead atoms. The fraction of sp³-hybridized carbons (Fsp3) is 0.500. The molecule has 2 N–H and O–H groups in total. The van der Waals surface area contributed by atoms with Gasteiger partial charge in [0, 0.05) is 49.5 Å². The van der Waals surface area contributed by atoms with Gasteiger partial charge in [-0.05, 0) is 26.6 Å². The van der Waals surface area contributed by atoms with E-state index >= 15 is 0 Å². The quantitative estimate of drug-likeness (QED) is 0.414. The molecule has 1 aliphatic heterocycles. The fourth-order valence-corrected chi connectivity index (χ4v) is 4.20. The van der Waals surface area contributed by atoms with Crippen molar-refractivity contribution >= 4 is 40.1 Å². The zero-order chi connectivity index (χ0) is 28.7. The highest BCUT2D eigenvalue weighted by molar-refractivity contribution is 6.31. The number of hydrogen-bond donors (Lipinski definition) is 2. The van der Waals surface area contributed by atoms with Crippen LogP contribution >= 0.6 is 11.6 Å². The van der Waals surface area contributed by atoms with Gasteiger partial charge in [-0.15, -0.1) is 0 Å². The number of benzene rings is 1. The van der Waals surface area contributed by atoms with Crippen LogP contribution in [0.2, 0.25) is 5.02 Å². The van der Waals surface area contributed by atoms with Crippen molar-refractivity contribution in [3.8, 4) is 11.5 Å². The molecular formula is C24H31ClF3N7O4. The lowest BCUT2D eigenvalue weighted by Crippen LogP contribution is -2.47. The maximum Gasteiger partial charge on any atom is 0.490 e. The van der Waals surface area contributed by atoms with Gasteiger partial charge in [0.25, 0.3) is 0 Å². The van der Waals surface area contributed by atoms with Crippen molar-refractivity contribution in [1.29, 1.82) is 0 Å². The summed E-state index contributed by atoms with van der Waals surface area (Å²) in [6.45, 7) is 6.71. The minimum absolute atomic E-state index is 0.561. The second-order valence-corrected chi connectivity index (χ2v) is 9.27. The van der Waals surface area contributed by atoms with E-state index in [1.165, 1.54) is 0 Å². The smallest absolute Gasteiger partial charge is 0.490 e. The molecule has 0 unspecified atom stereocenters. The van der Waals surface area contributed by atoms with Crippen molar-refractivity contribution < 1.29 is 32.5 Å². The first-order valence-electron chi connectivity index (χ1n) is 12.1. The molecule has 0 saturated carbocycles. The number of piperazine rings is 1. The minimum Gasteiger partial charge on any atom is -0.491 e. The molecule has 11 nitrogen and oxygen atoms in total. The van der Waals surface area contributed by atoms with Gasteiger partial charge in [-0.1, -0.05) is 18.5 Å². The normalized spacial score (nSPS) is 13.9. The average Bonchev–Trinajstić information content (AvgIpc) is 3.32. The summed E-state index contributed by atoms with van der Waals surface area (Å²) in [7, 11) is 5.70. The first kappa shape index (κ1) is 30.0. The molecule has 2 aromatic heterocycles. The van der Waals surface area contributed by atoms with Crippen LogP contribution in [0.25, 0.3) is 11.0 Å². The first-order valence-corrected chi connectivity index (χ1v) is 12.5. The van der Waals surface area contributed by atoms with Gasteiger partial charge in [0.1, 0.15) is 18.8 Å². The van der Waals surface area contributed by atoms with E-state index < -0.39 is 12.1 Å². The van der Waals surface area contributed by atoms with Crippen molar-refractivity contribution in [3.63, 3.8) is 0 Å². The van der Waals surface area contributed by atoms with Crippen molar-refractivity contribution in [1.82, 2.24) is 25.1 Å². The maximum absolute atomic E-state index is 10.6. The number of aryl methyl sites for hydroxylation is 1. The lowest BCUT2D eigenvalue weighted by Gasteiger charge is -2.37. The van der Waals surface area contributed by atoms with E-state index in [1.54, 1.807) is 13.4 Å². The van der Waals surface area contributed by atoms with Crippen molar-refractivity contribution in [2.24, 2.45) is 0 Å². The third kappa shape index (κ3) is 7.53. The Morgan fingerprint density at radius 3 is 2.38 bits per heavy atom. The summed E-state index contributed by atoms with van der Waals surface area (Å²) in [6, 6.07) is 3.77. The van der Waals surface area contributed by atoms with Gasteiger partial charge in [-0.25, -0.2) is 14.8 Å². The number of methoxy groups -OCH3 is 1. The van der Waals surface area contributed by atoms with Gasteiger partial charge in [0.05, 0.1) is 18.2 Å². The second-order valence-electron chi connectivity index (χ2n) is 8.84. The monoisotopic (exact) mass is 573 g/mol. The number of nitrogens with one attached hydrogen (secondary N) is 1. The lowest BCUT2D eigenvalue weighted by atomic mass is 10.2. The number of aromatic amines is 1. The number of nitrogens with zero attached hydrogens (tertiary/aromatic N) is 6. The topological polar surface area (TPSA) is 120 Å². The molecule has 3 aromatic rings. The number of fused-ring (bicyclic) bond motifs is 1. The molecule has 4 rings (SSSR count). The molecular weight excluding hydrogens is 543 g/mol. The Morgan fingerprint density at radius 1 is 1.18 bits per heavy atom. The number of aliphatic carboxylic acids is 1. The van der Waals surface area contributed by atoms with Gasteiger partial charge < -0.3 is 29.3 Å². The minimum atomic E-state index is -5.08. The molecule has 1 aliphatic rings. The van der Waals surface area contributed by atoms with Gasteiger partial charge in [0.2, 0.25) is 0 Å². The molecule has 3 heterocycles. The SMILES string of the molecule is CCc1[nH]nc2ncnc(N3CCN(c4cc(Cl)cc(OCCN(C)C)c4OC)CC3)c12.O=C(O)C(F)(F)F. The number of halogens is 4. The average molecular weight is 574 g/mol. The summed E-state index contributed by atoms with van der Waals surface area (Å²) in [5.74, 6) is -0.435. The third-order valence-corrected chi connectivity index (χ3v) is 6.14. The number of H-pyrrole nitrogens is 1. The zero-order valence-corrected chi connectivity index (χ0v) is 22.8. The molecule has 1 saturated heterocycles. The number of hydrogen-bond acceptors (Lipinski definition) is 9. The second kappa shape index (κ2) is 13.0. The summed E-state index contributed by atoms with van der Waals surface area (Å²) in [5.41, 5.74) is 2.73. The number of ether oxygens (including phenoxy) is 2.